The lowest BCUT2D eigenvalue weighted by Gasteiger charge is -2.04. The summed E-state index contributed by atoms with van der Waals surface area (Å²) in [6, 6.07) is 0. The van der Waals surface area contributed by atoms with Crippen LogP contribution in [0.25, 0.3) is 0 Å². The largest absolute Gasteiger partial charge is 0.378 e. The molecule has 15 heavy (non-hydrogen) atoms. The van der Waals surface area contributed by atoms with Gasteiger partial charge in [0.2, 0.25) is 0 Å². The fourth-order valence-electron chi connectivity index (χ4n) is 1.85. The molecule has 0 saturated carbocycles. The number of carbonyl (C=O) groups is 1. The van der Waals surface area contributed by atoms with E-state index in [1.165, 1.54) is 0 Å². The number of thiazole rings is 1. The van der Waals surface area contributed by atoms with Crippen LogP contribution in [-0.4, -0.2) is 23.5 Å². The van der Waals surface area contributed by atoms with Crippen LogP contribution in [0.15, 0.2) is 5.38 Å². The first-order chi connectivity index (χ1) is 7.15. The Labute approximate surface area is 93.5 Å². The molecule has 1 aliphatic rings. The molecule has 3 nitrogen and oxygen atoms in total. The molecule has 2 heterocycles. The monoisotopic (exact) mass is 225 g/mol. The highest BCUT2D eigenvalue weighted by Gasteiger charge is 2.28. The van der Waals surface area contributed by atoms with Gasteiger partial charge in [-0.15, -0.1) is 11.3 Å². The molecule has 0 radical (unpaired) electrons. The van der Waals surface area contributed by atoms with Crippen LogP contribution in [0, 0.1) is 12.8 Å². The van der Waals surface area contributed by atoms with E-state index in [0.717, 1.165) is 17.1 Å². The van der Waals surface area contributed by atoms with Crippen molar-refractivity contribution in [1.29, 1.82) is 0 Å². The number of aryl methyl sites for hydroxylation is 1. The third kappa shape index (κ3) is 2.63. The van der Waals surface area contributed by atoms with Gasteiger partial charge in [0.1, 0.15) is 5.78 Å². The van der Waals surface area contributed by atoms with E-state index in [1.54, 1.807) is 11.3 Å². The minimum absolute atomic E-state index is 0.0852. The molecule has 4 heteroatoms. The number of ether oxygens (including phenoxy) is 1. The first kappa shape index (κ1) is 10.8. The molecule has 1 saturated heterocycles. The van der Waals surface area contributed by atoms with Gasteiger partial charge in [-0.2, -0.15) is 0 Å². The molecule has 0 amide bonds. The number of Topliss-reactive ketones (excluding diaryl/α,β-unsaturated/α-hetero) is 1. The fraction of sp³-hybridized carbons (Fsp3) is 0.636. The first-order valence-corrected chi connectivity index (χ1v) is 6.08. The molecule has 1 aromatic heterocycles. The molecule has 0 aromatic carbocycles. The Hall–Kier alpha value is -0.740. The lowest BCUT2D eigenvalue weighted by molar-refractivity contribution is -0.122. The van der Waals surface area contributed by atoms with Gasteiger partial charge in [-0.3, -0.25) is 4.79 Å². The third-order valence-corrected chi connectivity index (χ3v) is 3.50. The molecule has 1 aromatic rings. The molecule has 2 rings (SSSR count). The Kier molecular flexibility index (Phi) is 3.17. The Bertz CT molecular complexity index is 361. The zero-order valence-electron chi connectivity index (χ0n) is 9.03. The average molecular weight is 225 g/mol. The van der Waals surface area contributed by atoms with E-state index in [4.69, 9.17) is 4.74 Å². The standard InChI is InChI=1S/C11H15NO2S/c1-7-3-9(5-14-7)11(13)4-10-6-15-8(2)12-10/h6-7,9H,3-5H2,1-2H3. The summed E-state index contributed by atoms with van der Waals surface area (Å²) in [4.78, 5) is 16.2. The number of aromatic nitrogens is 1. The van der Waals surface area contributed by atoms with Gasteiger partial charge in [-0.05, 0) is 20.3 Å². The zero-order valence-corrected chi connectivity index (χ0v) is 9.84. The Morgan fingerprint density at radius 1 is 1.73 bits per heavy atom. The predicted molar refractivity (Wildman–Crippen MR) is 59.1 cm³/mol. The number of rotatable bonds is 3. The summed E-state index contributed by atoms with van der Waals surface area (Å²) < 4.78 is 5.39. The van der Waals surface area contributed by atoms with Gasteiger partial charge in [-0.25, -0.2) is 4.98 Å². The highest BCUT2D eigenvalue weighted by molar-refractivity contribution is 7.09. The number of carbonyl (C=O) groups excluding carboxylic acids is 1. The molecular formula is C11H15NO2S. The van der Waals surface area contributed by atoms with Crippen molar-refractivity contribution in [3.63, 3.8) is 0 Å². The molecular weight excluding hydrogens is 210 g/mol. The second-order valence-corrected chi connectivity index (χ2v) is 5.14. The Balaban J connectivity index is 1.92. The minimum Gasteiger partial charge on any atom is -0.378 e. The van der Waals surface area contributed by atoms with E-state index in [9.17, 15) is 4.79 Å². The van der Waals surface area contributed by atoms with Gasteiger partial charge < -0.3 is 4.74 Å². The van der Waals surface area contributed by atoms with Gasteiger partial charge in [0, 0.05) is 17.7 Å². The van der Waals surface area contributed by atoms with Crippen LogP contribution in [0.4, 0.5) is 0 Å². The Morgan fingerprint density at radius 2 is 2.53 bits per heavy atom. The SMILES string of the molecule is Cc1nc(CC(=O)C2COC(C)C2)cs1. The maximum absolute atomic E-state index is 11.9. The second kappa shape index (κ2) is 4.41. The van der Waals surface area contributed by atoms with Crippen molar-refractivity contribution < 1.29 is 9.53 Å². The maximum Gasteiger partial charge on any atom is 0.144 e. The predicted octanol–water partition coefficient (Wildman–Crippen LogP) is 1.99. The third-order valence-electron chi connectivity index (χ3n) is 2.68. The van der Waals surface area contributed by atoms with Crippen molar-refractivity contribution in [3.8, 4) is 0 Å². The average Bonchev–Trinajstić information content (AvgIpc) is 2.75. The number of hydrogen-bond acceptors (Lipinski definition) is 4. The summed E-state index contributed by atoms with van der Waals surface area (Å²) in [5.41, 5.74) is 0.905. The molecule has 1 aliphatic heterocycles. The van der Waals surface area contributed by atoms with Gasteiger partial charge >= 0.3 is 0 Å². The number of ketones is 1. The zero-order chi connectivity index (χ0) is 10.8. The molecule has 0 aliphatic carbocycles. The van der Waals surface area contributed by atoms with E-state index in [0.29, 0.717) is 13.0 Å². The first-order valence-electron chi connectivity index (χ1n) is 5.20. The van der Waals surface area contributed by atoms with Crippen molar-refractivity contribution in [2.24, 2.45) is 5.92 Å². The highest BCUT2D eigenvalue weighted by Crippen LogP contribution is 2.21. The molecule has 2 unspecified atom stereocenters. The minimum atomic E-state index is 0.0852. The second-order valence-electron chi connectivity index (χ2n) is 4.08. The normalized spacial score (nSPS) is 25.7. The van der Waals surface area contributed by atoms with Crippen molar-refractivity contribution in [2.75, 3.05) is 6.61 Å². The van der Waals surface area contributed by atoms with E-state index in [-0.39, 0.29) is 17.8 Å². The van der Waals surface area contributed by atoms with Crippen LogP contribution in [0.2, 0.25) is 0 Å². The van der Waals surface area contributed by atoms with E-state index >= 15 is 0 Å². The summed E-state index contributed by atoms with van der Waals surface area (Å²) in [7, 11) is 0. The molecule has 2 atom stereocenters. The topological polar surface area (TPSA) is 39.2 Å². The lowest BCUT2D eigenvalue weighted by atomic mass is 9.98. The van der Waals surface area contributed by atoms with Crippen LogP contribution in [0.3, 0.4) is 0 Å². The van der Waals surface area contributed by atoms with E-state index in [2.05, 4.69) is 4.98 Å². The van der Waals surface area contributed by atoms with Crippen LogP contribution < -0.4 is 0 Å². The van der Waals surface area contributed by atoms with Gasteiger partial charge in [0.25, 0.3) is 0 Å². The summed E-state index contributed by atoms with van der Waals surface area (Å²) in [6.45, 7) is 4.56. The van der Waals surface area contributed by atoms with Crippen molar-refractivity contribution >= 4 is 17.1 Å². The number of nitrogens with zero attached hydrogens (tertiary/aromatic N) is 1. The summed E-state index contributed by atoms with van der Waals surface area (Å²) >= 11 is 1.59. The van der Waals surface area contributed by atoms with Gasteiger partial charge in [-0.1, -0.05) is 0 Å². The Morgan fingerprint density at radius 3 is 3.07 bits per heavy atom. The lowest BCUT2D eigenvalue weighted by Crippen LogP contribution is -2.17. The van der Waals surface area contributed by atoms with Crippen LogP contribution in [0.5, 0.6) is 0 Å². The van der Waals surface area contributed by atoms with Crippen molar-refractivity contribution in [2.45, 2.75) is 32.8 Å². The van der Waals surface area contributed by atoms with Gasteiger partial charge in [0.05, 0.1) is 23.4 Å². The van der Waals surface area contributed by atoms with Crippen LogP contribution in [0.1, 0.15) is 24.0 Å². The van der Waals surface area contributed by atoms with Crippen molar-refractivity contribution in [3.05, 3.63) is 16.1 Å². The molecule has 1 fully saturated rings. The maximum atomic E-state index is 11.9. The highest BCUT2D eigenvalue weighted by atomic mass is 32.1. The van der Waals surface area contributed by atoms with Crippen LogP contribution >= 0.6 is 11.3 Å². The van der Waals surface area contributed by atoms with Gasteiger partial charge in [0.15, 0.2) is 0 Å². The molecule has 0 spiro atoms. The molecule has 82 valence electrons. The van der Waals surface area contributed by atoms with E-state index in [1.807, 2.05) is 19.2 Å². The fourth-order valence-corrected chi connectivity index (χ4v) is 2.47. The smallest absolute Gasteiger partial charge is 0.144 e. The molecule has 0 N–H and O–H groups in total. The van der Waals surface area contributed by atoms with Crippen molar-refractivity contribution in [1.82, 2.24) is 4.98 Å². The summed E-state index contributed by atoms with van der Waals surface area (Å²) in [5.74, 6) is 0.353. The summed E-state index contributed by atoms with van der Waals surface area (Å²) in [5, 5.41) is 2.99. The number of hydrogen-bond donors (Lipinski definition) is 0. The van der Waals surface area contributed by atoms with E-state index < -0.39 is 0 Å². The molecule has 0 bridgehead atoms. The summed E-state index contributed by atoms with van der Waals surface area (Å²) in [6.07, 6.45) is 1.56. The van der Waals surface area contributed by atoms with Crippen LogP contribution in [-0.2, 0) is 16.0 Å². The quantitative estimate of drug-likeness (QED) is 0.789.